The maximum absolute atomic E-state index is 12.5. The summed E-state index contributed by atoms with van der Waals surface area (Å²) in [6, 6.07) is 0. The summed E-state index contributed by atoms with van der Waals surface area (Å²) in [4.78, 5) is -0.101. The molecule has 0 bridgehead atoms. The van der Waals surface area contributed by atoms with Gasteiger partial charge in [-0.15, -0.1) is 0 Å². The Balaban J connectivity index is 2.28. The average Bonchev–Trinajstić information content (AvgIpc) is 1.77. The van der Waals surface area contributed by atoms with Crippen molar-refractivity contribution in [3.63, 3.8) is 0 Å². The highest BCUT2D eigenvalue weighted by molar-refractivity contribution is 9.09. The van der Waals surface area contributed by atoms with Crippen LogP contribution in [0.25, 0.3) is 0 Å². The first-order valence-electron chi connectivity index (χ1n) is 2.82. The zero-order chi connectivity index (χ0) is 5.98. The summed E-state index contributed by atoms with van der Waals surface area (Å²) >= 11 is 3.17. The van der Waals surface area contributed by atoms with Crippen LogP contribution >= 0.6 is 15.9 Å². The fourth-order valence-corrected chi connectivity index (χ4v) is 1.30. The number of hydrogen-bond donors (Lipinski definition) is 1. The highest BCUT2D eigenvalue weighted by Gasteiger charge is 2.20. The zero-order valence-electron chi connectivity index (χ0n) is 4.53. The van der Waals surface area contributed by atoms with E-state index in [9.17, 15) is 4.39 Å². The fourth-order valence-electron chi connectivity index (χ4n) is 0.811. The van der Waals surface area contributed by atoms with Crippen molar-refractivity contribution in [3.05, 3.63) is 0 Å². The lowest BCUT2D eigenvalue weighted by Gasteiger charge is -2.21. The van der Waals surface area contributed by atoms with Gasteiger partial charge in [0.05, 0.1) is 4.95 Å². The smallest absolute Gasteiger partial charge is 0.125 e. The molecule has 48 valence electrons. The Morgan fingerprint density at radius 2 is 2.38 bits per heavy atom. The summed E-state index contributed by atoms with van der Waals surface area (Å²) in [7, 11) is 0. The van der Waals surface area contributed by atoms with Crippen molar-refractivity contribution in [2.45, 2.75) is 24.0 Å². The highest BCUT2D eigenvalue weighted by atomic mass is 79.9. The van der Waals surface area contributed by atoms with Crippen LogP contribution in [0.15, 0.2) is 0 Å². The van der Waals surface area contributed by atoms with Crippen LogP contribution in [-0.4, -0.2) is 17.7 Å². The number of alkyl halides is 2. The van der Waals surface area contributed by atoms with Crippen LogP contribution in [0.5, 0.6) is 0 Å². The summed E-state index contributed by atoms with van der Waals surface area (Å²) in [5.74, 6) is 0. The molecule has 1 saturated heterocycles. The van der Waals surface area contributed by atoms with Crippen molar-refractivity contribution < 1.29 is 4.39 Å². The highest BCUT2D eigenvalue weighted by Crippen LogP contribution is 2.15. The predicted molar refractivity (Wildman–Crippen MR) is 34.8 cm³/mol. The third kappa shape index (κ3) is 1.42. The molecule has 1 fully saturated rings. The second kappa shape index (κ2) is 2.78. The average molecular weight is 182 g/mol. The van der Waals surface area contributed by atoms with Crippen LogP contribution in [0.3, 0.4) is 0 Å². The van der Waals surface area contributed by atoms with Crippen molar-refractivity contribution in [1.82, 2.24) is 5.32 Å². The molecule has 0 aromatic rings. The van der Waals surface area contributed by atoms with E-state index in [-0.39, 0.29) is 4.95 Å². The van der Waals surface area contributed by atoms with Crippen LogP contribution in [-0.2, 0) is 0 Å². The summed E-state index contributed by atoms with van der Waals surface area (Å²) in [5, 5.41) is 2.97. The second-order valence-corrected chi connectivity index (χ2v) is 3.00. The number of hydrogen-bond acceptors (Lipinski definition) is 1. The normalized spacial score (nSPS) is 39.8. The molecule has 0 radical (unpaired) electrons. The standard InChI is InChI=1S/C5H9BrFN/c6-5-4(7)2-1-3-8-5/h4-5,8H,1-3H2. The summed E-state index contributed by atoms with van der Waals surface area (Å²) in [6.07, 6.45) is 0.968. The molecular weight excluding hydrogens is 173 g/mol. The van der Waals surface area contributed by atoms with Crippen molar-refractivity contribution >= 4 is 15.9 Å². The van der Waals surface area contributed by atoms with Crippen molar-refractivity contribution in [2.75, 3.05) is 6.54 Å². The van der Waals surface area contributed by atoms with Crippen LogP contribution in [0, 0.1) is 0 Å². The minimum atomic E-state index is -0.691. The van der Waals surface area contributed by atoms with E-state index in [1.54, 1.807) is 0 Å². The van der Waals surface area contributed by atoms with E-state index in [0.717, 1.165) is 13.0 Å². The Kier molecular flexibility index (Phi) is 2.26. The van der Waals surface area contributed by atoms with Gasteiger partial charge in [-0.2, -0.15) is 0 Å². The van der Waals surface area contributed by atoms with Gasteiger partial charge in [0.25, 0.3) is 0 Å². The molecule has 2 unspecified atom stereocenters. The first-order valence-corrected chi connectivity index (χ1v) is 3.74. The van der Waals surface area contributed by atoms with E-state index >= 15 is 0 Å². The van der Waals surface area contributed by atoms with Crippen LogP contribution in [0.2, 0.25) is 0 Å². The van der Waals surface area contributed by atoms with E-state index in [0.29, 0.717) is 6.42 Å². The van der Waals surface area contributed by atoms with Gasteiger partial charge in [0.1, 0.15) is 6.17 Å². The lowest BCUT2D eigenvalue weighted by Crippen LogP contribution is -2.37. The van der Waals surface area contributed by atoms with Gasteiger partial charge in [-0.05, 0) is 19.4 Å². The topological polar surface area (TPSA) is 12.0 Å². The first-order chi connectivity index (χ1) is 3.80. The molecule has 1 rings (SSSR count). The van der Waals surface area contributed by atoms with Crippen LogP contribution in [0.4, 0.5) is 4.39 Å². The van der Waals surface area contributed by atoms with Gasteiger partial charge in [-0.3, -0.25) is 0 Å². The Hall–Kier alpha value is 0.370. The lowest BCUT2D eigenvalue weighted by atomic mass is 10.1. The maximum atomic E-state index is 12.5. The SMILES string of the molecule is FC1CCCNC1Br. The van der Waals surface area contributed by atoms with Gasteiger partial charge in [-0.25, -0.2) is 4.39 Å². The van der Waals surface area contributed by atoms with Crippen LogP contribution < -0.4 is 5.32 Å². The summed E-state index contributed by atoms with van der Waals surface area (Å²) < 4.78 is 12.5. The third-order valence-corrected chi connectivity index (χ3v) is 2.21. The molecule has 1 aliphatic heterocycles. The number of piperidine rings is 1. The molecule has 0 spiro atoms. The fraction of sp³-hybridized carbons (Fsp3) is 1.00. The Bertz CT molecular complexity index is 68.8. The first kappa shape index (κ1) is 6.49. The molecule has 1 aliphatic rings. The van der Waals surface area contributed by atoms with Crippen molar-refractivity contribution in [1.29, 1.82) is 0 Å². The zero-order valence-corrected chi connectivity index (χ0v) is 6.12. The minimum absolute atomic E-state index is 0.101. The van der Waals surface area contributed by atoms with Crippen molar-refractivity contribution in [2.24, 2.45) is 0 Å². The monoisotopic (exact) mass is 181 g/mol. The minimum Gasteiger partial charge on any atom is -0.302 e. The molecule has 1 nitrogen and oxygen atoms in total. The maximum Gasteiger partial charge on any atom is 0.125 e. The van der Waals surface area contributed by atoms with Gasteiger partial charge >= 0.3 is 0 Å². The molecule has 3 heteroatoms. The molecule has 1 heterocycles. The predicted octanol–water partition coefficient (Wildman–Crippen LogP) is 1.43. The molecule has 0 aliphatic carbocycles. The molecular formula is C5H9BrFN. The van der Waals surface area contributed by atoms with Gasteiger partial charge in [0.15, 0.2) is 0 Å². The Labute approximate surface area is 56.8 Å². The van der Waals surface area contributed by atoms with Gasteiger partial charge in [0, 0.05) is 0 Å². The molecule has 0 amide bonds. The molecule has 0 aromatic heterocycles. The van der Waals surface area contributed by atoms with E-state index in [4.69, 9.17) is 0 Å². The number of halogens is 2. The largest absolute Gasteiger partial charge is 0.302 e. The molecule has 0 saturated carbocycles. The molecule has 2 atom stereocenters. The third-order valence-electron chi connectivity index (χ3n) is 1.31. The van der Waals surface area contributed by atoms with Crippen molar-refractivity contribution in [3.8, 4) is 0 Å². The van der Waals surface area contributed by atoms with Gasteiger partial charge < -0.3 is 5.32 Å². The Morgan fingerprint density at radius 1 is 1.62 bits per heavy atom. The van der Waals surface area contributed by atoms with E-state index in [1.165, 1.54) is 0 Å². The molecule has 8 heavy (non-hydrogen) atoms. The lowest BCUT2D eigenvalue weighted by molar-refractivity contribution is 0.252. The van der Waals surface area contributed by atoms with Crippen LogP contribution in [0.1, 0.15) is 12.8 Å². The van der Waals surface area contributed by atoms with Gasteiger partial charge in [0.2, 0.25) is 0 Å². The quantitative estimate of drug-likeness (QED) is 0.441. The van der Waals surface area contributed by atoms with Gasteiger partial charge in [-0.1, -0.05) is 15.9 Å². The van der Waals surface area contributed by atoms with E-state index in [1.807, 2.05) is 0 Å². The van der Waals surface area contributed by atoms with E-state index in [2.05, 4.69) is 21.2 Å². The second-order valence-electron chi connectivity index (χ2n) is 2.01. The molecule has 0 aromatic carbocycles. The number of rotatable bonds is 0. The summed E-state index contributed by atoms with van der Waals surface area (Å²) in [6.45, 7) is 0.941. The number of nitrogens with one attached hydrogen (secondary N) is 1. The Morgan fingerprint density at radius 3 is 2.75 bits per heavy atom. The van der Waals surface area contributed by atoms with E-state index < -0.39 is 6.17 Å². The molecule has 1 N–H and O–H groups in total. The summed E-state index contributed by atoms with van der Waals surface area (Å²) in [5.41, 5.74) is 0.